The molecule has 0 aliphatic rings. The summed E-state index contributed by atoms with van der Waals surface area (Å²) in [5, 5.41) is 10.4. The van der Waals surface area contributed by atoms with E-state index in [0.29, 0.717) is 20.7 Å². The summed E-state index contributed by atoms with van der Waals surface area (Å²) in [6.45, 7) is 0. The zero-order valence-corrected chi connectivity index (χ0v) is 11.5. The fourth-order valence-electron chi connectivity index (χ4n) is 1.43. The van der Waals surface area contributed by atoms with Crippen LogP contribution in [-0.4, -0.2) is 23.2 Å². The van der Waals surface area contributed by atoms with Crippen LogP contribution >= 0.6 is 23.4 Å². The van der Waals surface area contributed by atoms with E-state index in [2.05, 4.69) is 4.98 Å². The molecule has 2 aromatic rings. The molecule has 0 atom stereocenters. The summed E-state index contributed by atoms with van der Waals surface area (Å²) in [6, 6.07) is 8.24. The van der Waals surface area contributed by atoms with Gasteiger partial charge in [0, 0.05) is 11.1 Å². The fourth-order valence-corrected chi connectivity index (χ4v) is 2.45. The fraction of sp³-hybridized carbons (Fsp3) is 0.0769. The van der Waals surface area contributed by atoms with E-state index in [4.69, 9.17) is 21.4 Å². The molecule has 0 unspecified atom stereocenters. The van der Waals surface area contributed by atoms with Crippen LogP contribution in [0.5, 0.6) is 5.75 Å². The summed E-state index contributed by atoms with van der Waals surface area (Å²) in [4.78, 5) is 15.9. The first kappa shape index (κ1) is 13.7. The Morgan fingerprint density at radius 1 is 1.37 bits per heavy atom. The number of ether oxygens (including phenoxy) is 1. The highest BCUT2D eigenvalue weighted by Gasteiger charge is 2.13. The van der Waals surface area contributed by atoms with Crippen molar-refractivity contribution in [3.63, 3.8) is 0 Å². The summed E-state index contributed by atoms with van der Waals surface area (Å²) in [5.41, 5.74) is 0.211. The Labute approximate surface area is 119 Å². The van der Waals surface area contributed by atoms with Crippen molar-refractivity contribution in [2.45, 2.75) is 9.92 Å². The van der Waals surface area contributed by atoms with Crippen molar-refractivity contribution < 1.29 is 14.6 Å². The average Bonchev–Trinajstić information content (AvgIpc) is 2.41. The molecular formula is C13H10ClNO3S. The summed E-state index contributed by atoms with van der Waals surface area (Å²) in [7, 11) is 1.53. The van der Waals surface area contributed by atoms with Crippen molar-refractivity contribution in [1.29, 1.82) is 0 Å². The maximum Gasteiger partial charge on any atom is 0.336 e. The number of methoxy groups -OCH3 is 1. The largest absolute Gasteiger partial charge is 0.497 e. The number of benzene rings is 1. The van der Waals surface area contributed by atoms with Gasteiger partial charge in [-0.2, -0.15) is 0 Å². The molecule has 1 heterocycles. The van der Waals surface area contributed by atoms with Crippen LogP contribution in [0.3, 0.4) is 0 Å². The van der Waals surface area contributed by atoms with Gasteiger partial charge >= 0.3 is 5.97 Å². The van der Waals surface area contributed by atoms with E-state index < -0.39 is 5.97 Å². The van der Waals surface area contributed by atoms with Crippen molar-refractivity contribution >= 4 is 29.3 Å². The quantitative estimate of drug-likeness (QED) is 0.934. The zero-order valence-electron chi connectivity index (χ0n) is 9.96. The van der Waals surface area contributed by atoms with Gasteiger partial charge in [0.2, 0.25) is 0 Å². The summed E-state index contributed by atoms with van der Waals surface area (Å²) in [6.07, 6.45) is 1.52. The van der Waals surface area contributed by atoms with Crippen LogP contribution in [0.25, 0.3) is 0 Å². The highest BCUT2D eigenvalue weighted by atomic mass is 35.5. The molecule has 1 aromatic heterocycles. The molecule has 1 aromatic carbocycles. The Morgan fingerprint density at radius 2 is 2.16 bits per heavy atom. The highest BCUT2D eigenvalue weighted by molar-refractivity contribution is 7.99. The SMILES string of the molecule is COc1ccc(C(=O)O)c(Sc2ccc(Cl)cn2)c1. The number of aromatic carboxylic acids is 1. The average molecular weight is 296 g/mol. The van der Waals surface area contributed by atoms with Gasteiger partial charge in [0.15, 0.2) is 0 Å². The molecule has 6 heteroatoms. The maximum absolute atomic E-state index is 11.2. The first-order chi connectivity index (χ1) is 9.10. The van der Waals surface area contributed by atoms with Gasteiger partial charge in [-0.3, -0.25) is 0 Å². The molecule has 0 aliphatic carbocycles. The summed E-state index contributed by atoms with van der Waals surface area (Å²) < 4.78 is 5.10. The number of carboxylic acids is 1. The Morgan fingerprint density at radius 3 is 2.74 bits per heavy atom. The first-order valence-corrected chi connectivity index (χ1v) is 6.50. The van der Waals surface area contributed by atoms with E-state index in [-0.39, 0.29) is 5.56 Å². The Kier molecular flexibility index (Phi) is 4.29. The predicted octanol–water partition coefficient (Wildman–Crippen LogP) is 3.59. The van der Waals surface area contributed by atoms with Crippen LogP contribution < -0.4 is 4.74 Å². The van der Waals surface area contributed by atoms with Crippen molar-refractivity contribution in [2.75, 3.05) is 7.11 Å². The number of nitrogens with zero attached hydrogens (tertiary/aromatic N) is 1. The van der Waals surface area contributed by atoms with Crippen LogP contribution in [0.15, 0.2) is 46.5 Å². The predicted molar refractivity (Wildman–Crippen MR) is 73.3 cm³/mol. The van der Waals surface area contributed by atoms with Crippen molar-refractivity contribution in [3.05, 3.63) is 47.1 Å². The van der Waals surface area contributed by atoms with Crippen molar-refractivity contribution in [2.24, 2.45) is 0 Å². The number of halogens is 1. The van der Waals surface area contributed by atoms with E-state index in [9.17, 15) is 4.79 Å². The number of carbonyl (C=O) groups is 1. The molecule has 19 heavy (non-hydrogen) atoms. The second-order valence-corrected chi connectivity index (χ2v) is 5.08. The maximum atomic E-state index is 11.2. The molecule has 0 saturated heterocycles. The lowest BCUT2D eigenvalue weighted by molar-refractivity contribution is 0.0693. The molecule has 2 rings (SSSR count). The third-order valence-electron chi connectivity index (χ3n) is 2.33. The number of rotatable bonds is 4. The molecule has 0 spiro atoms. The van der Waals surface area contributed by atoms with Gasteiger partial charge < -0.3 is 9.84 Å². The smallest absolute Gasteiger partial charge is 0.336 e. The normalized spacial score (nSPS) is 10.2. The second kappa shape index (κ2) is 5.95. The first-order valence-electron chi connectivity index (χ1n) is 5.31. The van der Waals surface area contributed by atoms with Gasteiger partial charge in [-0.1, -0.05) is 23.4 Å². The van der Waals surface area contributed by atoms with Crippen LogP contribution in [-0.2, 0) is 0 Å². The zero-order chi connectivity index (χ0) is 13.8. The Hall–Kier alpha value is -1.72. The molecule has 98 valence electrons. The Bertz CT molecular complexity index is 601. The van der Waals surface area contributed by atoms with E-state index >= 15 is 0 Å². The van der Waals surface area contributed by atoms with E-state index in [1.165, 1.54) is 31.1 Å². The van der Waals surface area contributed by atoms with Gasteiger partial charge in [0.05, 0.1) is 17.7 Å². The van der Waals surface area contributed by atoms with Crippen molar-refractivity contribution in [3.8, 4) is 5.75 Å². The lowest BCUT2D eigenvalue weighted by Gasteiger charge is -2.07. The third-order valence-corrected chi connectivity index (χ3v) is 3.57. The summed E-state index contributed by atoms with van der Waals surface area (Å²) in [5.74, 6) is -0.388. The van der Waals surface area contributed by atoms with Crippen LogP contribution in [0.1, 0.15) is 10.4 Å². The highest BCUT2D eigenvalue weighted by Crippen LogP contribution is 2.32. The lowest BCUT2D eigenvalue weighted by Crippen LogP contribution is -1.99. The molecule has 0 bridgehead atoms. The molecular weight excluding hydrogens is 286 g/mol. The molecule has 0 amide bonds. The van der Waals surface area contributed by atoms with Crippen LogP contribution in [0.2, 0.25) is 5.02 Å². The Balaban J connectivity index is 2.36. The molecule has 0 saturated carbocycles. The number of carboxylic acid groups (broad SMARTS) is 1. The van der Waals surface area contributed by atoms with E-state index in [1.807, 2.05) is 0 Å². The molecule has 0 radical (unpaired) electrons. The number of aromatic nitrogens is 1. The topological polar surface area (TPSA) is 59.4 Å². The van der Waals surface area contributed by atoms with E-state index in [1.54, 1.807) is 24.3 Å². The standard InChI is InChI=1S/C13H10ClNO3S/c1-18-9-3-4-10(13(16)17)11(6-9)19-12-5-2-8(14)7-15-12/h2-7H,1H3,(H,16,17). The monoisotopic (exact) mass is 295 g/mol. The molecule has 0 fully saturated rings. The minimum Gasteiger partial charge on any atom is -0.497 e. The molecule has 1 N–H and O–H groups in total. The van der Waals surface area contributed by atoms with Gasteiger partial charge in [-0.15, -0.1) is 0 Å². The van der Waals surface area contributed by atoms with Crippen LogP contribution in [0, 0.1) is 0 Å². The second-order valence-electron chi connectivity index (χ2n) is 3.58. The van der Waals surface area contributed by atoms with Gasteiger partial charge in [0.25, 0.3) is 0 Å². The van der Waals surface area contributed by atoms with Crippen LogP contribution in [0.4, 0.5) is 0 Å². The lowest BCUT2D eigenvalue weighted by atomic mass is 10.2. The van der Waals surface area contributed by atoms with Gasteiger partial charge in [-0.05, 0) is 30.3 Å². The minimum absolute atomic E-state index is 0.211. The molecule has 4 nitrogen and oxygen atoms in total. The molecule has 0 aliphatic heterocycles. The summed E-state index contributed by atoms with van der Waals surface area (Å²) >= 11 is 7.01. The number of hydrogen-bond donors (Lipinski definition) is 1. The number of pyridine rings is 1. The van der Waals surface area contributed by atoms with Crippen molar-refractivity contribution in [1.82, 2.24) is 4.98 Å². The third kappa shape index (κ3) is 3.39. The van der Waals surface area contributed by atoms with Gasteiger partial charge in [-0.25, -0.2) is 9.78 Å². The van der Waals surface area contributed by atoms with Gasteiger partial charge in [0.1, 0.15) is 10.8 Å². The van der Waals surface area contributed by atoms with E-state index in [0.717, 1.165) is 0 Å². The number of hydrogen-bond acceptors (Lipinski definition) is 4. The minimum atomic E-state index is -0.987.